The molecule has 5 aliphatic heterocycles. The van der Waals surface area contributed by atoms with Crippen LogP contribution in [-0.2, 0) is 9.59 Å². The molecule has 1 aromatic heterocycles. The average Bonchev–Trinajstić information content (AvgIpc) is 3.43. The number of carbonyl (C=O) groups excluding carboxylic acids is 4. The van der Waals surface area contributed by atoms with Crippen molar-refractivity contribution in [1.29, 1.82) is 0 Å². The standard InChI is InChI=1S/C36H39N9O5/c46-31-4-2-1-3-23(31)28-14-30-33(41-40-28)38-15-21-16-43(11-12-44(21)30)19-27-25-17-42(18-26(25)27)10-9-37-20-5-6-22-24(13-20)36(50)45(35(22)49)29-7-8-32(47)39-34(29)48/h1-6,13-14,21,25-27,29,37,46H,7-12,15-19H2,(H,38,41)(H,39,47,48)/t21-,25-,26+,27+,29?/m0/s1. The second-order valence-electron chi connectivity index (χ2n) is 14.4. The number of hydrogen-bond donors (Lipinski definition) is 4. The number of nitrogens with one attached hydrogen (secondary N) is 3. The summed E-state index contributed by atoms with van der Waals surface area (Å²) < 4.78 is 0. The summed E-state index contributed by atoms with van der Waals surface area (Å²) >= 11 is 0. The van der Waals surface area contributed by atoms with Gasteiger partial charge in [0.15, 0.2) is 5.82 Å². The molecule has 6 heterocycles. The molecule has 1 saturated carbocycles. The smallest absolute Gasteiger partial charge is 0.262 e. The number of hydrogen-bond acceptors (Lipinski definition) is 12. The van der Waals surface area contributed by atoms with E-state index in [0.29, 0.717) is 17.3 Å². The van der Waals surface area contributed by atoms with E-state index in [1.165, 1.54) is 0 Å². The lowest BCUT2D eigenvalue weighted by atomic mass is 10.0. The number of likely N-dealkylation sites (tertiary alicyclic amines) is 1. The number of anilines is 3. The normalized spacial score (nSPS) is 27.3. The van der Waals surface area contributed by atoms with Gasteiger partial charge in [-0.15, -0.1) is 10.2 Å². The zero-order valence-corrected chi connectivity index (χ0v) is 27.5. The monoisotopic (exact) mass is 677 g/mol. The van der Waals surface area contributed by atoms with Crippen molar-refractivity contribution >= 4 is 40.8 Å². The van der Waals surface area contributed by atoms with Crippen LogP contribution in [0.5, 0.6) is 5.75 Å². The summed E-state index contributed by atoms with van der Waals surface area (Å²) in [5.74, 6) is 1.23. The first kappa shape index (κ1) is 30.9. The number of benzene rings is 2. The van der Waals surface area contributed by atoms with E-state index in [2.05, 4.69) is 40.8 Å². The van der Waals surface area contributed by atoms with Crippen LogP contribution in [0.1, 0.15) is 33.6 Å². The van der Waals surface area contributed by atoms with Crippen molar-refractivity contribution in [3.05, 3.63) is 59.7 Å². The van der Waals surface area contributed by atoms with Crippen LogP contribution < -0.4 is 20.9 Å². The molecule has 1 aliphatic carbocycles. The highest BCUT2D eigenvalue weighted by atomic mass is 16.3. The number of phenolic OH excluding ortho intramolecular Hbond substituents is 1. The number of imide groups is 2. The molecule has 6 aliphatic rings. The maximum Gasteiger partial charge on any atom is 0.262 e. The number of phenols is 1. The zero-order valence-electron chi connectivity index (χ0n) is 27.5. The molecule has 4 amide bonds. The molecule has 14 nitrogen and oxygen atoms in total. The molecule has 3 saturated heterocycles. The Morgan fingerprint density at radius 1 is 0.880 bits per heavy atom. The number of amides is 4. The molecule has 1 unspecified atom stereocenters. The largest absolute Gasteiger partial charge is 0.507 e. The number of rotatable bonds is 8. The van der Waals surface area contributed by atoms with Crippen LogP contribution in [0.15, 0.2) is 48.5 Å². The second kappa shape index (κ2) is 12.1. The van der Waals surface area contributed by atoms with Gasteiger partial charge in [0.05, 0.1) is 28.6 Å². The maximum atomic E-state index is 13.2. The number of para-hydroxylation sites is 1. The van der Waals surface area contributed by atoms with Crippen molar-refractivity contribution in [3.8, 4) is 17.0 Å². The van der Waals surface area contributed by atoms with Crippen LogP contribution in [0, 0.1) is 17.8 Å². The Kier molecular flexibility index (Phi) is 7.46. The zero-order chi connectivity index (χ0) is 34.1. The summed E-state index contributed by atoms with van der Waals surface area (Å²) in [7, 11) is 0. The number of piperidine rings is 2. The van der Waals surface area contributed by atoms with Gasteiger partial charge in [-0.1, -0.05) is 12.1 Å². The van der Waals surface area contributed by atoms with Gasteiger partial charge in [-0.05, 0) is 60.6 Å². The minimum absolute atomic E-state index is 0.0981. The molecule has 0 bridgehead atoms. The average molecular weight is 678 g/mol. The lowest BCUT2D eigenvalue weighted by molar-refractivity contribution is -0.136. The van der Waals surface area contributed by atoms with Crippen molar-refractivity contribution in [2.75, 3.05) is 74.4 Å². The molecule has 0 spiro atoms. The van der Waals surface area contributed by atoms with Gasteiger partial charge >= 0.3 is 0 Å². The Balaban J connectivity index is 0.743. The van der Waals surface area contributed by atoms with Crippen LogP contribution in [0.2, 0.25) is 0 Å². The van der Waals surface area contributed by atoms with Crippen LogP contribution >= 0.6 is 0 Å². The Bertz CT molecular complexity index is 1910. The van der Waals surface area contributed by atoms with Crippen molar-refractivity contribution in [3.63, 3.8) is 0 Å². The Labute approximate surface area is 288 Å². The fraction of sp³-hybridized carbons (Fsp3) is 0.444. The summed E-state index contributed by atoms with van der Waals surface area (Å²) in [5.41, 5.74) is 3.75. The maximum absolute atomic E-state index is 13.2. The van der Waals surface area contributed by atoms with E-state index in [4.69, 9.17) is 0 Å². The lowest BCUT2D eigenvalue weighted by Crippen LogP contribution is -2.58. The first-order valence-corrected chi connectivity index (χ1v) is 17.5. The third-order valence-electron chi connectivity index (χ3n) is 11.4. The minimum atomic E-state index is -0.964. The summed E-state index contributed by atoms with van der Waals surface area (Å²) in [6, 6.07) is 13.8. The topological polar surface area (TPSA) is 163 Å². The van der Waals surface area contributed by atoms with Gasteiger partial charge in [0.25, 0.3) is 11.8 Å². The fourth-order valence-corrected chi connectivity index (χ4v) is 8.77. The molecular weight excluding hydrogens is 638 g/mol. The molecule has 50 heavy (non-hydrogen) atoms. The molecule has 5 atom stereocenters. The number of aromatic nitrogens is 2. The number of piperazine rings is 1. The van der Waals surface area contributed by atoms with Crippen molar-refractivity contribution in [2.24, 2.45) is 17.8 Å². The van der Waals surface area contributed by atoms with E-state index in [9.17, 15) is 24.3 Å². The van der Waals surface area contributed by atoms with E-state index < -0.39 is 23.8 Å². The highest BCUT2D eigenvalue weighted by molar-refractivity contribution is 6.23. The van der Waals surface area contributed by atoms with Crippen molar-refractivity contribution in [2.45, 2.75) is 24.9 Å². The molecule has 4 fully saturated rings. The number of nitrogens with zero attached hydrogens (tertiary/aromatic N) is 6. The van der Waals surface area contributed by atoms with Gasteiger partial charge in [0.2, 0.25) is 11.8 Å². The van der Waals surface area contributed by atoms with Crippen molar-refractivity contribution in [1.82, 2.24) is 30.2 Å². The van der Waals surface area contributed by atoms with Crippen LogP contribution in [0.4, 0.5) is 17.2 Å². The molecule has 4 N–H and O–H groups in total. The molecule has 0 radical (unpaired) electrons. The SMILES string of the molecule is O=C1CCC(N2C(=O)c3ccc(NCCN4C[C@@H]5[C@H](C4)[C@H]5CN4CCN5c6cc(-c7ccccc7O)nnc6NC[C@H]5C4)cc3C2=O)C(=O)N1. The third-order valence-corrected chi connectivity index (χ3v) is 11.4. The highest BCUT2D eigenvalue weighted by Crippen LogP contribution is 2.52. The first-order valence-electron chi connectivity index (χ1n) is 17.5. The fourth-order valence-electron chi connectivity index (χ4n) is 8.77. The van der Waals surface area contributed by atoms with Gasteiger partial charge in [-0.25, -0.2) is 0 Å². The molecule has 9 rings (SSSR count). The number of carbonyl (C=O) groups is 4. The number of fused-ring (bicyclic) bond motifs is 5. The Morgan fingerprint density at radius 2 is 1.70 bits per heavy atom. The Hall–Kier alpha value is -5.08. The van der Waals surface area contributed by atoms with Gasteiger partial charge in [-0.3, -0.25) is 34.3 Å². The summed E-state index contributed by atoms with van der Waals surface area (Å²) in [4.78, 5) is 58.6. The molecule has 3 aromatic rings. The molecule has 14 heteroatoms. The van der Waals surface area contributed by atoms with Crippen LogP contribution in [0.3, 0.4) is 0 Å². The molecule has 258 valence electrons. The molecule has 2 aromatic carbocycles. The molecular formula is C36H39N9O5. The minimum Gasteiger partial charge on any atom is -0.507 e. The van der Waals surface area contributed by atoms with Crippen LogP contribution in [-0.4, -0.2) is 125 Å². The summed E-state index contributed by atoms with van der Waals surface area (Å²) in [6.07, 6.45) is 0.240. The third kappa shape index (κ3) is 5.33. The first-order chi connectivity index (χ1) is 24.3. The summed E-state index contributed by atoms with van der Waals surface area (Å²) in [6.45, 7) is 8.72. The van der Waals surface area contributed by atoms with Crippen molar-refractivity contribution < 1.29 is 24.3 Å². The van der Waals surface area contributed by atoms with E-state index >= 15 is 0 Å². The van der Waals surface area contributed by atoms with E-state index in [0.717, 1.165) is 98.7 Å². The van der Waals surface area contributed by atoms with Crippen LogP contribution in [0.25, 0.3) is 11.3 Å². The van der Waals surface area contributed by atoms with Gasteiger partial charge < -0.3 is 25.5 Å². The predicted octanol–water partition coefficient (Wildman–Crippen LogP) is 1.46. The van der Waals surface area contributed by atoms with Gasteiger partial charge in [0.1, 0.15) is 11.8 Å². The number of aromatic hydroxyl groups is 1. The summed E-state index contributed by atoms with van der Waals surface area (Å²) in [5, 5.41) is 28.3. The van der Waals surface area contributed by atoms with E-state index in [1.807, 2.05) is 18.2 Å². The van der Waals surface area contributed by atoms with E-state index in [1.54, 1.807) is 30.3 Å². The second-order valence-corrected chi connectivity index (χ2v) is 14.4. The predicted molar refractivity (Wildman–Crippen MR) is 184 cm³/mol. The highest BCUT2D eigenvalue weighted by Gasteiger charge is 2.55. The van der Waals surface area contributed by atoms with Gasteiger partial charge in [0, 0.05) is 76.6 Å². The Morgan fingerprint density at radius 3 is 2.52 bits per heavy atom. The van der Waals surface area contributed by atoms with Gasteiger partial charge in [-0.2, -0.15) is 0 Å². The lowest BCUT2D eigenvalue weighted by Gasteiger charge is -2.46. The quantitative estimate of drug-likeness (QED) is 0.254. The van der Waals surface area contributed by atoms with E-state index in [-0.39, 0.29) is 35.6 Å².